The molecule has 2 aromatic heterocycles. The van der Waals surface area contributed by atoms with Gasteiger partial charge in [0.15, 0.2) is 11.5 Å². The van der Waals surface area contributed by atoms with Crippen molar-refractivity contribution in [2.45, 2.75) is 19.9 Å². The number of amides is 1. The van der Waals surface area contributed by atoms with Crippen LogP contribution in [0.25, 0.3) is 17.1 Å². The fraction of sp³-hybridized carbons (Fsp3) is 0.167. The van der Waals surface area contributed by atoms with Crippen molar-refractivity contribution in [3.05, 3.63) is 66.5 Å². The summed E-state index contributed by atoms with van der Waals surface area (Å²) in [7, 11) is 0. The summed E-state index contributed by atoms with van der Waals surface area (Å²) < 4.78 is 1.70. The van der Waals surface area contributed by atoms with E-state index in [-0.39, 0.29) is 11.9 Å². The zero-order valence-electron chi connectivity index (χ0n) is 13.1. The van der Waals surface area contributed by atoms with Gasteiger partial charge in [0.2, 0.25) is 0 Å². The van der Waals surface area contributed by atoms with E-state index in [0.717, 1.165) is 11.3 Å². The lowest BCUT2D eigenvalue weighted by Crippen LogP contribution is -2.30. The molecular weight excluding hydrogens is 288 g/mol. The van der Waals surface area contributed by atoms with Crippen LogP contribution in [0.4, 0.5) is 0 Å². The van der Waals surface area contributed by atoms with Gasteiger partial charge < -0.3 is 5.32 Å². The Hall–Kier alpha value is -2.95. The highest BCUT2D eigenvalue weighted by molar-refractivity contribution is 5.93. The number of hydrogen-bond donors (Lipinski definition) is 1. The molecule has 0 bridgehead atoms. The van der Waals surface area contributed by atoms with Crippen LogP contribution in [0.2, 0.25) is 0 Å². The molecule has 0 aliphatic carbocycles. The van der Waals surface area contributed by atoms with Gasteiger partial charge in [-0.05, 0) is 32.0 Å². The fourth-order valence-electron chi connectivity index (χ4n) is 2.30. The van der Waals surface area contributed by atoms with Crippen LogP contribution in [0.3, 0.4) is 0 Å². The van der Waals surface area contributed by atoms with E-state index in [9.17, 15) is 4.79 Å². The number of aromatic nitrogens is 3. The fourth-order valence-corrected chi connectivity index (χ4v) is 2.30. The SMILES string of the molecule is CC(C)NC(=O)c1cc(-c2ccccc2)n(-c2ccccn2)n1. The van der Waals surface area contributed by atoms with Crippen molar-refractivity contribution in [3.8, 4) is 17.1 Å². The zero-order chi connectivity index (χ0) is 16.2. The van der Waals surface area contributed by atoms with Crippen LogP contribution in [-0.4, -0.2) is 26.7 Å². The third kappa shape index (κ3) is 3.29. The molecule has 1 amide bonds. The van der Waals surface area contributed by atoms with Gasteiger partial charge in [-0.3, -0.25) is 4.79 Å². The van der Waals surface area contributed by atoms with E-state index in [2.05, 4.69) is 15.4 Å². The van der Waals surface area contributed by atoms with E-state index < -0.39 is 0 Å². The molecule has 1 N–H and O–H groups in total. The van der Waals surface area contributed by atoms with Crippen molar-refractivity contribution in [2.75, 3.05) is 0 Å². The van der Waals surface area contributed by atoms with Crippen LogP contribution < -0.4 is 5.32 Å². The minimum atomic E-state index is -0.188. The molecule has 5 heteroatoms. The van der Waals surface area contributed by atoms with E-state index in [0.29, 0.717) is 11.5 Å². The van der Waals surface area contributed by atoms with Gasteiger partial charge in [-0.2, -0.15) is 5.10 Å². The van der Waals surface area contributed by atoms with Crippen LogP contribution in [0.15, 0.2) is 60.8 Å². The Morgan fingerprint density at radius 2 is 1.83 bits per heavy atom. The van der Waals surface area contributed by atoms with Gasteiger partial charge in [0.1, 0.15) is 0 Å². The number of carbonyl (C=O) groups is 1. The number of nitrogens with one attached hydrogen (secondary N) is 1. The Labute approximate surface area is 135 Å². The Kier molecular flexibility index (Phi) is 4.19. The summed E-state index contributed by atoms with van der Waals surface area (Å²) in [6.45, 7) is 3.84. The number of rotatable bonds is 4. The summed E-state index contributed by atoms with van der Waals surface area (Å²) in [4.78, 5) is 16.6. The summed E-state index contributed by atoms with van der Waals surface area (Å²) in [5.74, 6) is 0.488. The summed E-state index contributed by atoms with van der Waals surface area (Å²) in [5.41, 5.74) is 2.19. The molecular formula is C18H18N4O. The number of nitrogens with zero attached hydrogens (tertiary/aromatic N) is 3. The summed E-state index contributed by atoms with van der Waals surface area (Å²) in [6.07, 6.45) is 1.71. The standard InChI is InChI=1S/C18H18N4O/c1-13(2)20-18(23)15-12-16(14-8-4-3-5-9-14)22(21-15)17-10-6-7-11-19-17/h3-13H,1-2H3,(H,20,23). The molecule has 0 fully saturated rings. The van der Waals surface area contributed by atoms with Gasteiger partial charge in [-0.15, -0.1) is 0 Å². The molecule has 0 unspecified atom stereocenters. The molecule has 116 valence electrons. The maximum atomic E-state index is 12.3. The van der Waals surface area contributed by atoms with E-state index >= 15 is 0 Å². The van der Waals surface area contributed by atoms with Crippen molar-refractivity contribution in [3.63, 3.8) is 0 Å². The number of pyridine rings is 1. The Bertz CT molecular complexity index is 737. The topological polar surface area (TPSA) is 59.8 Å². The second-order valence-corrected chi connectivity index (χ2v) is 5.51. The third-order valence-corrected chi connectivity index (χ3v) is 3.30. The van der Waals surface area contributed by atoms with Crippen LogP contribution in [-0.2, 0) is 0 Å². The van der Waals surface area contributed by atoms with E-state index in [1.54, 1.807) is 16.9 Å². The molecule has 0 saturated heterocycles. The largest absolute Gasteiger partial charge is 0.348 e. The molecule has 5 nitrogen and oxygen atoms in total. The lowest BCUT2D eigenvalue weighted by Gasteiger charge is -2.06. The molecule has 0 spiro atoms. The lowest BCUT2D eigenvalue weighted by molar-refractivity contribution is 0.0937. The second kappa shape index (κ2) is 6.44. The smallest absolute Gasteiger partial charge is 0.272 e. The molecule has 0 aliphatic rings. The van der Waals surface area contributed by atoms with Crippen molar-refractivity contribution in [2.24, 2.45) is 0 Å². The highest BCUT2D eigenvalue weighted by atomic mass is 16.2. The average molecular weight is 306 g/mol. The molecule has 0 atom stereocenters. The van der Waals surface area contributed by atoms with E-state index in [1.165, 1.54) is 0 Å². The van der Waals surface area contributed by atoms with Crippen LogP contribution in [0, 0.1) is 0 Å². The zero-order valence-corrected chi connectivity index (χ0v) is 13.1. The van der Waals surface area contributed by atoms with Gasteiger partial charge >= 0.3 is 0 Å². The Morgan fingerprint density at radius 3 is 2.48 bits per heavy atom. The quantitative estimate of drug-likeness (QED) is 0.806. The summed E-state index contributed by atoms with van der Waals surface area (Å²) >= 11 is 0. The monoisotopic (exact) mass is 306 g/mol. The molecule has 0 saturated carbocycles. The first-order chi connectivity index (χ1) is 11.1. The minimum absolute atomic E-state index is 0.0580. The van der Waals surface area contributed by atoms with Gasteiger partial charge in [0.05, 0.1) is 5.69 Å². The first-order valence-corrected chi connectivity index (χ1v) is 7.53. The first kappa shape index (κ1) is 15.0. The molecule has 2 heterocycles. The predicted octanol–water partition coefficient (Wildman–Crippen LogP) is 3.07. The van der Waals surface area contributed by atoms with Crippen LogP contribution in [0.1, 0.15) is 24.3 Å². The molecule has 0 aliphatic heterocycles. The first-order valence-electron chi connectivity index (χ1n) is 7.53. The van der Waals surface area contributed by atoms with Gasteiger partial charge in [-0.25, -0.2) is 9.67 Å². The predicted molar refractivity (Wildman–Crippen MR) is 89.4 cm³/mol. The van der Waals surface area contributed by atoms with E-state index in [4.69, 9.17) is 0 Å². The highest BCUT2D eigenvalue weighted by Gasteiger charge is 2.17. The summed E-state index contributed by atoms with van der Waals surface area (Å²) in [5, 5.41) is 7.32. The number of carbonyl (C=O) groups excluding carboxylic acids is 1. The van der Waals surface area contributed by atoms with E-state index in [1.807, 2.05) is 62.4 Å². The van der Waals surface area contributed by atoms with Crippen LogP contribution >= 0.6 is 0 Å². The molecule has 23 heavy (non-hydrogen) atoms. The lowest BCUT2D eigenvalue weighted by atomic mass is 10.1. The van der Waals surface area contributed by atoms with Gasteiger partial charge in [0, 0.05) is 17.8 Å². The molecule has 3 aromatic rings. The maximum Gasteiger partial charge on any atom is 0.272 e. The van der Waals surface area contributed by atoms with Crippen LogP contribution in [0.5, 0.6) is 0 Å². The van der Waals surface area contributed by atoms with Gasteiger partial charge in [0.25, 0.3) is 5.91 Å². The minimum Gasteiger partial charge on any atom is -0.348 e. The Balaban J connectivity index is 2.10. The molecule has 3 rings (SSSR count). The second-order valence-electron chi connectivity index (χ2n) is 5.51. The van der Waals surface area contributed by atoms with Crippen molar-refractivity contribution in [1.82, 2.24) is 20.1 Å². The Morgan fingerprint density at radius 1 is 1.09 bits per heavy atom. The van der Waals surface area contributed by atoms with Crippen molar-refractivity contribution < 1.29 is 4.79 Å². The average Bonchev–Trinajstić information content (AvgIpc) is 3.01. The van der Waals surface area contributed by atoms with Crippen molar-refractivity contribution in [1.29, 1.82) is 0 Å². The maximum absolute atomic E-state index is 12.3. The summed E-state index contributed by atoms with van der Waals surface area (Å²) in [6, 6.07) is 17.3. The molecule has 1 aromatic carbocycles. The molecule has 0 radical (unpaired) electrons. The number of hydrogen-bond acceptors (Lipinski definition) is 3. The number of benzene rings is 1. The highest BCUT2D eigenvalue weighted by Crippen LogP contribution is 2.23. The van der Waals surface area contributed by atoms with Gasteiger partial charge in [-0.1, -0.05) is 36.4 Å². The van der Waals surface area contributed by atoms with Crippen molar-refractivity contribution >= 4 is 5.91 Å². The normalized spacial score (nSPS) is 10.7. The third-order valence-electron chi connectivity index (χ3n) is 3.30.